The van der Waals surface area contributed by atoms with Crippen LogP contribution in [-0.2, 0) is 0 Å². The molecule has 2 aromatic rings. The Balaban J connectivity index is 2.37. The molecule has 0 radical (unpaired) electrons. The number of ether oxygens (including phenoxy) is 1. The van der Waals surface area contributed by atoms with Crippen molar-refractivity contribution in [1.82, 2.24) is 4.98 Å². The Morgan fingerprint density at radius 1 is 1.39 bits per heavy atom. The average Bonchev–Trinajstić information content (AvgIpc) is 2.35. The van der Waals surface area contributed by atoms with Gasteiger partial charge in [-0.3, -0.25) is 0 Å². The van der Waals surface area contributed by atoms with E-state index in [1.807, 2.05) is 13.0 Å². The molecule has 0 atom stereocenters. The molecule has 0 unspecified atom stereocenters. The van der Waals surface area contributed by atoms with Crippen LogP contribution in [0.15, 0.2) is 34.9 Å². The molecule has 0 N–H and O–H groups in total. The van der Waals surface area contributed by atoms with Crippen molar-refractivity contribution in [1.29, 1.82) is 5.26 Å². The van der Waals surface area contributed by atoms with Crippen LogP contribution in [-0.4, -0.2) is 4.98 Å². The van der Waals surface area contributed by atoms with Crippen LogP contribution in [0.25, 0.3) is 0 Å². The molecule has 0 saturated heterocycles. The van der Waals surface area contributed by atoms with Crippen molar-refractivity contribution in [2.75, 3.05) is 0 Å². The highest BCUT2D eigenvalue weighted by Gasteiger charge is 2.09. The number of nitrogens with zero attached hydrogens (tertiary/aromatic N) is 2. The van der Waals surface area contributed by atoms with Gasteiger partial charge in [0.25, 0.3) is 5.88 Å². The minimum atomic E-state index is -0.564. The second kappa shape index (κ2) is 5.15. The number of nitriles is 1. The number of halogens is 2. The number of aryl methyl sites for hydroxylation is 1. The van der Waals surface area contributed by atoms with Crippen LogP contribution in [0.4, 0.5) is 4.39 Å². The topological polar surface area (TPSA) is 45.9 Å². The summed E-state index contributed by atoms with van der Waals surface area (Å²) >= 11 is 3.12. The van der Waals surface area contributed by atoms with Gasteiger partial charge in [-0.25, -0.2) is 9.37 Å². The summed E-state index contributed by atoms with van der Waals surface area (Å²) in [5.74, 6) is -0.259. The molecule has 0 aliphatic heterocycles. The smallest absolute Gasteiger partial charge is 0.255 e. The van der Waals surface area contributed by atoms with E-state index in [1.165, 1.54) is 12.3 Å². The molecule has 0 fully saturated rings. The fourth-order valence-electron chi connectivity index (χ4n) is 1.36. The third-order valence-corrected chi connectivity index (χ3v) is 2.73. The van der Waals surface area contributed by atoms with Gasteiger partial charge in [0.1, 0.15) is 5.75 Å². The second-order valence-corrected chi connectivity index (χ2v) is 4.55. The van der Waals surface area contributed by atoms with Crippen molar-refractivity contribution < 1.29 is 9.13 Å². The molecule has 0 aliphatic rings. The fourth-order valence-corrected chi connectivity index (χ4v) is 1.66. The van der Waals surface area contributed by atoms with Crippen LogP contribution in [0.3, 0.4) is 0 Å². The van der Waals surface area contributed by atoms with Gasteiger partial charge in [0, 0.05) is 10.7 Å². The monoisotopic (exact) mass is 306 g/mol. The SMILES string of the molecule is Cc1ccc(C#N)cc1Oc1ncc(Br)cc1F. The Morgan fingerprint density at radius 3 is 2.83 bits per heavy atom. The minimum absolute atomic E-state index is 0.114. The number of hydrogen-bond donors (Lipinski definition) is 0. The lowest BCUT2D eigenvalue weighted by Gasteiger charge is -2.08. The summed E-state index contributed by atoms with van der Waals surface area (Å²) in [5, 5.41) is 8.81. The van der Waals surface area contributed by atoms with Crippen molar-refractivity contribution in [2.45, 2.75) is 6.92 Å². The molecule has 90 valence electrons. The van der Waals surface area contributed by atoms with Gasteiger partial charge in [-0.05, 0) is 46.6 Å². The van der Waals surface area contributed by atoms with E-state index < -0.39 is 5.82 Å². The molecule has 0 amide bonds. The highest BCUT2D eigenvalue weighted by Crippen LogP contribution is 2.27. The van der Waals surface area contributed by atoms with Gasteiger partial charge in [0.05, 0.1) is 11.6 Å². The molecule has 1 aromatic carbocycles. The van der Waals surface area contributed by atoms with E-state index in [4.69, 9.17) is 10.00 Å². The quantitative estimate of drug-likeness (QED) is 0.843. The highest BCUT2D eigenvalue weighted by atomic mass is 79.9. The van der Waals surface area contributed by atoms with Crippen LogP contribution >= 0.6 is 15.9 Å². The summed E-state index contributed by atoms with van der Waals surface area (Å²) in [6.45, 7) is 1.81. The third kappa shape index (κ3) is 2.66. The molecule has 1 aromatic heterocycles. The molecule has 0 spiro atoms. The van der Waals surface area contributed by atoms with Crippen molar-refractivity contribution in [3.63, 3.8) is 0 Å². The van der Waals surface area contributed by atoms with E-state index in [0.29, 0.717) is 15.8 Å². The van der Waals surface area contributed by atoms with Crippen molar-refractivity contribution in [3.05, 3.63) is 51.9 Å². The zero-order valence-electron chi connectivity index (χ0n) is 9.45. The zero-order valence-corrected chi connectivity index (χ0v) is 11.0. The average molecular weight is 307 g/mol. The lowest BCUT2D eigenvalue weighted by atomic mass is 10.1. The van der Waals surface area contributed by atoms with Crippen LogP contribution in [0.1, 0.15) is 11.1 Å². The largest absolute Gasteiger partial charge is 0.436 e. The summed E-state index contributed by atoms with van der Waals surface area (Å²) in [7, 11) is 0. The molecule has 3 nitrogen and oxygen atoms in total. The van der Waals surface area contributed by atoms with Crippen LogP contribution in [0.5, 0.6) is 11.6 Å². The van der Waals surface area contributed by atoms with E-state index in [1.54, 1.807) is 18.2 Å². The first-order valence-electron chi connectivity index (χ1n) is 5.10. The number of aromatic nitrogens is 1. The van der Waals surface area contributed by atoms with Gasteiger partial charge < -0.3 is 4.74 Å². The molecule has 0 bridgehead atoms. The van der Waals surface area contributed by atoms with Crippen LogP contribution in [0.2, 0.25) is 0 Å². The zero-order chi connectivity index (χ0) is 13.1. The molecule has 1 heterocycles. The van der Waals surface area contributed by atoms with E-state index in [2.05, 4.69) is 20.9 Å². The minimum Gasteiger partial charge on any atom is -0.436 e. The summed E-state index contributed by atoms with van der Waals surface area (Å²) in [5.41, 5.74) is 1.26. The number of rotatable bonds is 2. The maximum absolute atomic E-state index is 13.6. The lowest BCUT2D eigenvalue weighted by Crippen LogP contribution is -1.94. The normalized spacial score (nSPS) is 9.89. The molecular formula is C13H8BrFN2O. The highest BCUT2D eigenvalue weighted by molar-refractivity contribution is 9.10. The summed E-state index contributed by atoms with van der Waals surface area (Å²) in [4.78, 5) is 3.84. The van der Waals surface area contributed by atoms with E-state index in [-0.39, 0.29) is 5.88 Å². The Labute approximate surface area is 112 Å². The standard InChI is InChI=1S/C13H8BrFN2O/c1-8-2-3-9(6-16)4-12(8)18-13-11(15)5-10(14)7-17-13/h2-5,7H,1H3. The molecule has 0 saturated carbocycles. The molecule has 5 heteroatoms. The van der Waals surface area contributed by atoms with E-state index >= 15 is 0 Å². The Hall–Kier alpha value is -1.93. The molecule has 0 aliphatic carbocycles. The summed E-state index contributed by atoms with van der Waals surface area (Å²) in [6, 6.07) is 8.24. The lowest BCUT2D eigenvalue weighted by molar-refractivity contribution is 0.419. The van der Waals surface area contributed by atoms with Crippen LogP contribution in [0, 0.1) is 24.1 Å². The third-order valence-electron chi connectivity index (χ3n) is 2.30. The number of hydrogen-bond acceptors (Lipinski definition) is 3. The second-order valence-electron chi connectivity index (χ2n) is 3.63. The molecular weight excluding hydrogens is 299 g/mol. The predicted molar refractivity (Wildman–Crippen MR) is 67.9 cm³/mol. The Morgan fingerprint density at radius 2 is 2.17 bits per heavy atom. The van der Waals surface area contributed by atoms with Gasteiger partial charge in [-0.2, -0.15) is 5.26 Å². The van der Waals surface area contributed by atoms with E-state index in [9.17, 15) is 4.39 Å². The first kappa shape index (κ1) is 12.5. The maximum Gasteiger partial charge on any atom is 0.255 e. The first-order chi connectivity index (χ1) is 8.60. The number of pyridine rings is 1. The number of benzene rings is 1. The van der Waals surface area contributed by atoms with Gasteiger partial charge in [0.2, 0.25) is 0 Å². The Bertz CT molecular complexity index is 637. The van der Waals surface area contributed by atoms with E-state index in [0.717, 1.165) is 5.56 Å². The van der Waals surface area contributed by atoms with Gasteiger partial charge >= 0.3 is 0 Å². The fraction of sp³-hybridized carbons (Fsp3) is 0.0769. The first-order valence-corrected chi connectivity index (χ1v) is 5.89. The van der Waals surface area contributed by atoms with Crippen LogP contribution < -0.4 is 4.74 Å². The van der Waals surface area contributed by atoms with Crippen molar-refractivity contribution >= 4 is 15.9 Å². The summed E-state index contributed by atoms with van der Waals surface area (Å²) < 4.78 is 19.5. The van der Waals surface area contributed by atoms with Crippen molar-refractivity contribution in [2.24, 2.45) is 0 Å². The maximum atomic E-state index is 13.6. The predicted octanol–water partition coefficient (Wildman–Crippen LogP) is 3.96. The molecule has 2 rings (SSSR count). The van der Waals surface area contributed by atoms with Gasteiger partial charge in [-0.15, -0.1) is 0 Å². The Kier molecular flexibility index (Phi) is 3.58. The summed E-state index contributed by atoms with van der Waals surface area (Å²) in [6.07, 6.45) is 1.45. The van der Waals surface area contributed by atoms with Gasteiger partial charge in [-0.1, -0.05) is 6.07 Å². The van der Waals surface area contributed by atoms with Crippen molar-refractivity contribution in [3.8, 4) is 17.7 Å². The molecule has 18 heavy (non-hydrogen) atoms. The van der Waals surface area contributed by atoms with Gasteiger partial charge in [0.15, 0.2) is 5.82 Å².